The fraction of sp³-hybridized carbons (Fsp3) is 0.275. The summed E-state index contributed by atoms with van der Waals surface area (Å²) < 4.78 is 18.2. The fourth-order valence-electron chi connectivity index (χ4n) is 5.10. The average Bonchev–Trinajstić information content (AvgIpc) is 3.13. The molecular weight excluding hydrogens is 728 g/mol. The Kier molecular flexibility index (Phi) is 11.9. The molecule has 0 atom stereocenters. The quantitative estimate of drug-likeness (QED) is 0.105. The van der Waals surface area contributed by atoms with Crippen molar-refractivity contribution in [1.29, 1.82) is 0 Å². The van der Waals surface area contributed by atoms with E-state index in [4.69, 9.17) is 21.1 Å². The third-order valence-electron chi connectivity index (χ3n) is 7.66. The van der Waals surface area contributed by atoms with Crippen LogP contribution < -0.4 is 11.1 Å². The molecule has 0 fully saturated rings. The van der Waals surface area contributed by atoms with E-state index < -0.39 is 23.1 Å². The molecule has 4 aromatic heterocycles. The van der Waals surface area contributed by atoms with Crippen LogP contribution >= 0.6 is 11.6 Å². The van der Waals surface area contributed by atoms with E-state index in [0.717, 1.165) is 11.1 Å². The summed E-state index contributed by atoms with van der Waals surface area (Å²) in [6, 6.07) is 16.6. The molecule has 0 unspecified atom stereocenters. The molecule has 0 amide bonds. The Morgan fingerprint density at radius 3 is 1.45 bits per heavy atom. The Bertz CT molecular complexity index is 2500. The number of hydrogen-bond donors (Lipinski definition) is 0. The van der Waals surface area contributed by atoms with Gasteiger partial charge in [0.15, 0.2) is 0 Å². The average molecular weight is 767 g/mol. The maximum atomic E-state index is 12.8. The highest BCUT2D eigenvalue weighted by Gasteiger charge is 2.19. The van der Waals surface area contributed by atoms with Gasteiger partial charge in [0.05, 0.1) is 78.2 Å². The molecule has 2 aromatic carbocycles. The Balaban J connectivity index is 0.000000212. The number of methoxy groups -OCH3 is 1. The molecule has 0 saturated carbocycles. The van der Waals surface area contributed by atoms with Crippen LogP contribution in [0.3, 0.4) is 0 Å². The van der Waals surface area contributed by atoms with Gasteiger partial charge in [0.2, 0.25) is 0 Å². The summed E-state index contributed by atoms with van der Waals surface area (Å²) in [6.07, 6.45) is 5.73. The van der Waals surface area contributed by atoms with Crippen LogP contribution in [-0.2, 0) is 27.3 Å². The summed E-state index contributed by atoms with van der Waals surface area (Å²) in [6.45, 7) is 11.5. The van der Waals surface area contributed by atoms with Gasteiger partial charge in [-0.25, -0.2) is 34.3 Å². The van der Waals surface area contributed by atoms with E-state index in [1.807, 2.05) is 20.8 Å². The first kappa shape index (κ1) is 39.9. The predicted molar refractivity (Wildman–Crippen MR) is 205 cm³/mol. The Hall–Kier alpha value is -6.28. The van der Waals surface area contributed by atoms with Crippen molar-refractivity contribution in [3.63, 3.8) is 0 Å². The van der Waals surface area contributed by atoms with Crippen molar-refractivity contribution < 1.29 is 28.6 Å². The third kappa shape index (κ3) is 10.4. The molecule has 4 heterocycles. The molecule has 15 heteroatoms. The van der Waals surface area contributed by atoms with Crippen LogP contribution in [-0.4, -0.2) is 65.3 Å². The van der Waals surface area contributed by atoms with Gasteiger partial charge in [0.1, 0.15) is 22.0 Å². The lowest BCUT2D eigenvalue weighted by molar-refractivity contribution is 0.00570. The van der Waals surface area contributed by atoms with Crippen molar-refractivity contribution in [3.8, 4) is 0 Å². The van der Waals surface area contributed by atoms with Crippen LogP contribution in [0.4, 0.5) is 0 Å². The van der Waals surface area contributed by atoms with Crippen LogP contribution in [0, 0.1) is 0 Å². The van der Waals surface area contributed by atoms with E-state index in [1.54, 1.807) is 69.3 Å². The Morgan fingerprint density at radius 1 is 0.618 bits per heavy atom. The van der Waals surface area contributed by atoms with E-state index >= 15 is 0 Å². The Labute approximate surface area is 320 Å². The molecule has 6 aromatic rings. The predicted octanol–water partition coefficient (Wildman–Crippen LogP) is 6.03. The first-order valence-electron chi connectivity index (χ1n) is 17.0. The van der Waals surface area contributed by atoms with Crippen molar-refractivity contribution in [1.82, 2.24) is 29.1 Å². The molecule has 0 radical (unpaired) electrons. The van der Waals surface area contributed by atoms with Gasteiger partial charge in [0, 0.05) is 0 Å². The lowest BCUT2D eigenvalue weighted by atomic mass is 10.1. The number of aromatic nitrogens is 6. The second-order valence-electron chi connectivity index (χ2n) is 14.4. The lowest BCUT2D eigenvalue weighted by Gasteiger charge is -2.19. The first-order valence-corrected chi connectivity index (χ1v) is 17.4. The zero-order valence-corrected chi connectivity index (χ0v) is 32.1. The van der Waals surface area contributed by atoms with Crippen LogP contribution in [0.2, 0.25) is 5.15 Å². The number of fused-ring (bicyclic) bond motifs is 2. The number of halogens is 1. The summed E-state index contributed by atoms with van der Waals surface area (Å²) in [5, 5.41) is 0.932. The number of rotatable bonds is 7. The largest absolute Gasteiger partial charge is 0.464 e. The highest BCUT2D eigenvalue weighted by Crippen LogP contribution is 2.16. The fourth-order valence-corrected chi connectivity index (χ4v) is 5.26. The minimum atomic E-state index is -0.626. The number of nitrogens with zero attached hydrogens (tertiary/aromatic N) is 6. The molecule has 0 aliphatic heterocycles. The lowest BCUT2D eigenvalue weighted by Crippen LogP contribution is -2.24. The SMILES string of the molecule is CC(C)(C)OC(=O)c1ccc(Cn2cnc3cnc(Cl)cc3c2=O)cc1.COC(=O)c1cc2c(=O)n(Cc3ccc(C(=O)OC(C)(C)C)cc3)cnc2cn1. The van der Waals surface area contributed by atoms with Gasteiger partial charge in [-0.15, -0.1) is 0 Å². The van der Waals surface area contributed by atoms with Gasteiger partial charge in [-0.3, -0.25) is 18.7 Å². The van der Waals surface area contributed by atoms with E-state index in [0.29, 0.717) is 34.1 Å². The number of ether oxygens (including phenoxy) is 3. The monoisotopic (exact) mass is 766 g/mol. The molecule has 284 valence electrons. The minimum absolute atomic E-state index is 0.0402. The van der Waals surface area contributed by atoms with Crippen LogP contribution in [0.25, 0.3) is 21.8 Å². The van der Waals surface area contributed by atoms with Crippen LogP contribution in [0.15, 0.2) is 95.3 Å². The Morgan fingerprint density at radius 2 is 1.04 bits per heavy atom. The summed E-state index contributed by atoms with van der Waals surface area (Å²) in [5.74, 6) is -1.41. The zero-order valence-electron chi connectivity index (χ0n) is 31.3. The smallest absolute Gasteiger partial charge is 0.356 e. The maximum absolute atomic E-state index is 12.8. The minimum Gasteiger partial charge on any atom is -0.464 e. The number of pyridine rings is 2. The number of carbonyl (C=O) groups is 3. The number of benzene rings is 2. The van der Waals surface area contributed by atoms with Crippen molar-refractivity contribution in [3.05, 3.63) is 140 Å². The molecule has 6 rings (SSSR count). The summed E-state index contributed by atoms with van der Waals surface area (Å²) in [7, 11) is 1.25. The summed E-state index contributed by atoms with van der Waals surface area (Å²) in [5.41, 5.74) is 1.87. The second-order valence-corrected chi connectivity index (χ2v) is 14.7. The topological polar surface area (TPSA) is 174 Å². The van der Waals surface area contributed by atoms with Crippen molar-refractivity contribution in [2.24, 2.45) is 0 Å². The van der Waals surface area contributed by atoms with E-state index in [-0.39, 0.29) is 39.9 Å². The van der Waals surface area contributed by atoms with Crippen LogP contribution in [0.5, 0.6) is 0 Å². The number of hydrogen-bond acceptors (Lipinski definition) is 12. The molecule has 0 aliphatic rings. The number of esters is 3. The van der Waals surface area contributed by atoms with Gasteiger partial charge in [-0.05, 0) is 89.1 Å². The van der Waals surface area contributed by atoms with Gasteiger partial charge >= 0.3 is 17.9 Å². The standard InChI is InChI=1S/C21H21N3O5.C19H18ClN3O3/c1-21(2,3)29-19(26)14-7-5-13(6-8-14)11-24-12-23-17-10-22-16(20(27)28-4)9-15(17)18(24)25;1-19(2,3)26-18(25)13-6-4-12(5-7-13)10-23-11-22-15-9-21-16(20)8-14(15)17(23)24/h5-10,12H,11H2,1-4H3;4-9,11H,10H2,1-3H3. The molecule has 0 spiro atoms. The van der Waals surface area contributed by atoms with Gasteiger partial charge in [-0.2, -0.15) is 0 Å². The van der Waals surface area contributed by atoms with Crippen molar-refractivity contribution in [2.75, 3.05) is 7.11 Å². The third-order valence-corrected chi connectivity index (χ3v) is 7.87. The molecule has 0 aliphatic carbocycles. The summed E-state index contributed by atoms with van der Waals surface area (Å²) in [4.78, 5) is 77.5. The second kappa shape index (κ2) is 16.4. The van der Waals surface area contributed by atoms with Crippen molar-refractivity contribution in [2.45, 2.75) is 65.8 Å². The molecule has 0 N–H and O–H groups in total. The summed E-state index contributed by atoms with van der Waals surface area (Å²) >= 11 is 5.87. The van der Waals surface area contributed by atoms with Gasteiger partial charge in [-0.1, -0.05) is 35.9 Å². The first-order chi connectivity index (χ1) is 25.9. The molecule has 0 saturated heterocycles. The van der Waals surface area contributed by atoms with Crippen LogP contribution in [0.1, 0.15) is 83.9 Å². The van der Waals surface area contributed by atoms with Gasteiger partial charge < -0.3 is 14.2 Å². The molecule has 0 bridgehead atoms. The highest BCUT2D eigenvalue weighted by atomic mass is 35.5. The van der Waals surface area contributed by atoms with E-state index in [1.165, 1.54) is 53.4 Å². The maximum Gasteiger partial charge on any atom is 0.356 e. The van der Waals surface area contributed by atoms with E-state index in [2.05, 4.69) is 24.7 Å². The normalized spacial score (nSPS) is 11.4. The van der Waals surface area contributed by atoms with Gasteiger partial charge in [0.25, 0.3) is 11.1 Å². The van der Waals surface area contributed by atoms with Crippen molar-refractivity contribution >= 4 is 51.3 Å². The number of carbonyl (C=O) groups excluding carboxylic acids is 3. The van der Waals surface area contributed by atoms with E-state index in [9.17, 15) is 24.0 Å². The molecular formula is C40H39ClN6O8. The highest BCUT2D eigenvalue weighted by molar-refractivity contribution is 6.30. The zero-order chi connectivity index (χ0) is 40.1. The molecule has 14 nitrogen and oxygen atoms in total. The molecule has 55 heavy (non-hydrogen) atoms.